The van der Waals surface area contributed by atoms with E-state index in [-0.39, 0.29) is 24.1 Å². The number of benzene rings is 3. The van der Waals surface area contributed by atoms with E-state index in [1.807, 2.05) is 6.92 Å². The molecule has 0 aliphatic carbocycles. The zero-order chi connectivity index (χ0) is 23.6. The average Bonchev–Trinajstić information content (AvgIpc) is 2.82. The summed E-state index contributed by atoms with van der Waals surface area (Å²) in [6.45, 7) is 5.89. The molecule has 0 bridgehead atoms. The van der Waals surface area contributed by atoms with Crippen LogP contribution in [-0.2, 0) is 16.0 Å². The van der Waals surface area contributed by atoms with Crippen LogP contribution in [0.5, 0.6) is 5.75 Å². The van der Waals surface area contributed by atoms with Crippen molar-refractivity contribution in [2.24, 2.45) is 0 Å². The summed E-state index contributed by atoms with van der Waals surface area (Å²) in [5.41, 5.74) is 3.15. The molecule has 0 aliphatic rings. The van der Waals surface area contributed by atoms with Crippen molar-refractivity contribution in [3.63, 3.8) is 0 Å². The van der Waals surface area contributed by atoms with Crippen LogP contribution < -0.4 is 20.7 Å². The maximum Gasteiger partial charge on any atom is 0.255 e. The van der Waals surface area contributed by atoms with E-state index in [4.69, 9.17) is 4.74 Å². The van der Waals surface area contributed by atoms with E-state index < -0.39 is 0 Å². The number of hydrogen-bond donors (Lipinski definition) is 3. The molecule has 33 heavy (non-hydrogen) atoms. The molecule has 0 aromatic heterocycles. The second-order valence-electron chi connectivity index (χ2n) is 7.10. The fourth-order valence-electron chi connectivity index (χ4n) is 3.00. The highest BCUT2D eigenvalue weighted by molar-refractivity contribution is 6.04. The molecule has 7 nitrogen and oxygen atoms in total. The highest BCUT2D eigenvalue weighted by Crippen LogP contribution is 2.17. The lowest BCUT2D eigenvalue weighted by Crippen LogP contribution is -2.15. The van der Waals surface area contributed by atoms with Gasteiger partial charge in [0.1, 0.15) is 5.75 Å². The molecule has 3 aromatic rings. The van der Waals surface area contributed by atoms with E-state index in [0.717, 1.165) is 11.3 Å². The van der Waals surface area contributed by atoms with Gasteiger partial charge in [-0.25, -0.2) is 0 Å². The predicted octanol–water partition coefficient (Wildman–Crippen LogP) is 4.64. The predicted molar refractivity (Wildman–Crippen MR) is 130 cm³/mol. The zero-order valence-electron chi connectivity index (χ0n) is 18.3. The first-order valence-electron chi connectivity index (χ1n) is 10.4. The quantitative estimate of drug-likeness (QED) is 0.420. The van der Waals surface area contributed by atoms with Crippen molar-refractivity contribution >= 4 is 34.8 Å². The van der Waals surface area contributed by atoms with Gasteiger partial charge >= 0.3 is 0 Å². The fourth-order valence-corrected chi connectivity index (χ4v) is 3.00. The Morgan fingerprint density at radius 3 is 1.94 bits per heavy atom. The molecule has 0 spiro atoms. The summed E-state index contributed by atoms with van der Waals surface area (Å²) in [6, 6.07) is 20.8. The third-order valence-electron chi connectivity index (χ3n) is 4.63. The van der Waals surface area contributed by atoms with Crippen molar-refractivity contribution in [1.82, 2.24) is 0 Å². The number of carbonyl (C=O) groups excluding carboxylic acids is 3. The van der Waals surface area contributed by atoms with Crippen LogP contribution in [0.2, 0.25) is 0 Å². The van der Waals surface area contributed by atoms with Gasteiger partial charge in [-0.05, 0) is 79.2 Å². The molecule has 0 atom stereocenters. The SMILES string of the molecule is C=CC(=O)Nc1ccc(CC(=O)Nc2ccc(C(=O)Nc3ccc(OCC)cc3)cc2)cc1. The molecule has 168 valence electrons. The maximum absolute atomic E-state index is 12.5. The van der Waals surface area contributed by atoms with Crippen LogP contribution in [0.3, 0.4) is 0 Å². The van der Waals surface area contributed by atoms with Gasteiger partial charge in [0.15, 0.2) is 0 Å². The summed E-state index contributed by atoms with van der Waals surface area (Å²) in [5, 5.41) is 8.29. The molecule has 0 unspecified atom stereocenters. The average molecular weight is 444 g/mol. The monoisotopic (exact) mass is 443 g/mol. The minimum Gasteiger partial charge on any atom is -0.494 e. The molecule has 0 saturated carbocycles. The number of amides is 3. The zero-order valence-corrected chi connectivity index (χ0v) is 18.3. The molecular weight excluding hydrogens is 418 g/mol. The van der Waals surface area contributed by atoms with Crippen LogP contribution in [-0.4, -0.2) is 24.3 Å². The Bertz CT molecular complexity index is 1120. The third kappa shape index (κ3) is 7.07. The largest absolute Gasteiger partial charge is 0.494 e. The number of ether oxygens (including phenoxy) is 1. The van der Waals surface area contributed by atoms with Gasteiger partial charge in [0, 0.05) is 22.6 Å². The van der Waals surface area contributed by atoms with E-state index in [9.17, 15) is 14.4 Å². The van der Waals surface area contributed by atoms with Crippen molar-refractivity contribution in [2.45, 2.75) is 13.3 Å². The van der Waals surface area contributed by atoms with Gasteiger partial charge < -0.3 is 20.7 Å². The molecule has 7 heteroatoms. The summed E-state index contributed by atoms with van der Waals surface area (Å²) in [7, 11) is 0. The van der Waals surface area contributed by atoms with Crippen molar-refractivity contribution in [3.05, 3.63) is 96.6 Å². The molecule has 0 heterocycles. The summed E-state index contributed by atoms with van der Waals surface area (Å²) < 4.78 is 5.39. The van der Waals surface area contributed by atoms with Crippen LogP contribution in [0.15, 0.2) is 85.5 Å². The lowest BCUT2D eigenvalue weighted by atomic mass is 10.1. The molecule has 0 aliphatic heterocycles. The molecule has 3 amide bonds. The highest BCUT2D eigenvalue weighted by atomic mass is 16.5. The molecule has 3 rings (SSSR count). The summed E-state index contributed by atoms with van der Waals surface area (Å²) >= 11 is 0. The van der Waals surface area contributed by atoms with Crippen LogP contribution in [0.1, 0.15) is 22.8 Å². The number of rotatable bonds is 9. The lowest BCUT2D eigenvalue weighted by molar-refractivity contribution is -0.115. The lowest BCUT2D eigenvalue weighted by Gasteiger charge is -2.09. The van der Waals surface area contributed by atoms with Crippen LogP contribution in [0.4, 0.5) is 17.1 Å². The molecule has 3 aromatic carbocycles. The minimum atomic E-state index is -0.294. The Morgan fingerprint density at radius 1 is 0.788 bits per heavy atom. The number of carbonyl (C=O) groups is 3. The van der Waals surface area contributed by atoms with Gasteiger partial charge in [-0.1, -0.05) is 18.7 Å². The molecule has 0 radical (unpaired) electrons. The first kappa shape index (κ1) is 23.3. The number of anilines is 3. The second kappa shape index (κ2) is 11.3. The molecule has 3 N–H and O–H groups in total. The van der Waals surface area contributed by atoms with Gasteiger partial charge in [0.25, 0.3) is 5.91 Å². The van der Waals surface area contributed by atoms with Crippen LogP contribution in [0.25, 0.3) is 0 Å². The Hall–Kier alpha value is -4.39. The maximum atomic E-state index is 12.5. The van der Waals surface area contributed by atoms with Crippen molar-refractivity contribution in [2.75, 3.05) is 22.6 Å². The number of nitrogens with one attached hydrogen (secondary N) is 3. The Labute approximate surface area is 192 Å². The topological polar surface area (TPSA) is 96.5 Å². The van der Waals surface area contributed by atoms with Gasteiger partial charge in [0.05, 0.1) is 13.0 Å². The Morgan fingerprint density at radius 2 is 1.33 bits per heavy atom. The van der Waals surface area contributed by atoms with E-state index in [1.165, 1.54) is 6.08 Å². The van der Waals surface area contributed by atoms with E-state index >= 15 is 0 Å². The first-order valence-corrected chi connectivity index (χ1v) is 10.4. The third-order valence-corrected chi connectivity index (χ3v) is 4.63. The Kier molecular flexibility index (Phi) is 7.96. The van der Waals surface area contributed by atoms with Gasteiger partial charge in [-0.15, -0.1) is 0 Å². The standard InChI is InChI=1S/C26H25N3O4/c1-3-24(30)27-20-9-5-18(6-10-20)17-25(31)28-21-11-7-19(8-12-21)26(32)29-22-13-15-23(16-14-22)33-4-2/h3,5-16H,1,4,17H2,2H3,(H,27,30)(H,28,31)(H,29,32). The second-order valence-corrected chi connectivity index (χ2v) is 7.10. The molecule has 0 saturated heterocycles. The van der Waals surface area contributed by atoms with Crippen LogP contribution in [0, 0.1) is 0 Å². The Balaban J connectivity index is 1.52. The summed E-state index contributed by atoms with van der Waals surface area (Å²) in [4.78, 5) is 36.1. The van der Waals surface area contributed by atoms with E-state index in [1.54, 1.807) is 72.8 Å². The minimum absolute atomic E-state index is 0.176. The van der Waals surface area contributed by atoms with Crippen LogP contribution >= 0.6 is 0 Å². The van der Waals surface area contributed by atoms with Gasteiger partial charge in [-0.2, -0.15) is 0 Å². The molecular formula is C26H25N3O4. The first-order chi connectivity index (χ1) is 16.0. The van der Waals surface area contributed by atoms with Crippen molar-refractivity contribution in [3.8, 4) is 5.75 Å². The summed E-state index contributed by atoms with van der Waals surface area (Å²) in [5.74, 6) is 0.00763. The highest BCUT2D eigenvalue weighted by Gasteiger charge is 2.09. The van der Waals surface area contributed by atoms with E-state index in [0.29, 0.717) is 29.2 Å². The normalized spacial score (nSPS) is 10.1. The van der Waals surface area contributed by atoms with Gasteiger partial charge in [0.2, 0.25) is 11.8 Å². The van der Waals surface area contributed by atoms with Gasteiger partial charge in [-0.3, -0.25) is 14.4 Å². The molecule has 0 fully saturated rings. The van der Waals surface area contributed by atoms with E-state index in [2.05, 4.69) is 22.5 Å². The fraction of sp³-hybridized carbons (Fsp3) is 0.115. The van der Waals surface area contributed by atoms with Crippen molar-refractivity contribution in [1.29, 1.82) is 0 Å². The van der Waals surface area contributed by atoms with Crippen molar-refractivity contribution < 1.29 is 19.1 Å². The summed E-state index contributed by atoms with van der Waals surface area (Å²) in [6.07, 6.45) is 1.37. The smallest absolute Gasteiger partial charge is 0.255 e. The number of hydrogen-bond acceptors (Lipinski definition) is 4.